The predicted octanol–water partition coefficient (Wildman–Crippen LogP) is 7.20. The third-order valence-electron chi connectivity index (χ3n) is 5.70. The smallest absolute Gasteiger partial charge is 0.270 e. The minimum absolute atomic E-state index is 0.183. The van der Waals surface area contributed by atoms with Crippen LogP contribution in [0.4, 0.5) is 10.1 Å². The van der Waals surface area contributed by atoms with Gasteiger partial charge in [0.05, 0.1) is 17.1 Å². The van der Waals surface area contributed by atoms with E-state index in [1.165, 1.54) is 22.7 Å². The van der Waals surface area contributed by atoms with Crippen LogP contribution in [0, 0.1) is 12.7 Å². The van der Waals surface area contributed by atoms with Gasteiger partial charge in [-0.05, 0) is 43.3 Å². The molecule has 1 amide bonds. The topological polar surface area (TPSA) is 25.2 Å². The molecule has 1 aliphatic heterocycles. The van der Waals surface area contributed by atoms with Crippen LogP contribution in [0.2, 0.25) is 5.02 Å². The zero-order chi connectivity index (χ0) is 23.1. The number of benzene rings is 3. The van der Waals surface area contributed by atoms with Gasteiger partial charge in [-0.1, -0.05) is 78.0 Å². The Balaban J connectivity index is 1.58. The molecule has 0 spiro atoms. The van der Waals surface area contributed by atoms with Crippen LogP contribution >= 0.6 is 35.6 Å². The molecule has 1 aliphatic rings. The average molecular weight is 493 g/mol. The number of rotatable bonds is 4. The van der Waals surface area contributed by atoms with Gasteiger partial charge in [-0.2, -0.15) is 0 Å². The Morgan fingerprint density at radius 2 is 1.82 bits per heavy atom. The second-order valence-corrected chi connectivity index (χ2v) is 9.80. The number of fused-ring (bicyclic) bond motifs is 1. The van der Waals surface area contributed by atoms with E-state index in [1.807, 2.05) is 49.4 Å². The third-order valence-corrected chi connectivity index (χ3v) is 7.24. The lowest BCUT2D eigenvalue weighted by Crippen LogP contribution is -2.27. The molecule has 33 heavy (non-hydrogen) atoms. The third kappa shape index (κ3) is 3.99. The number of amides is 1. The molecule has 4 aromatic rings. The Kier molecular flexibility index (Phi) is 5.83. The number of halogens is 2. The van der Waals surface area contributed by atoms with Crippen molar-refractivity contribution in [3.63, 3.8) is 0 Å². The number of hydrogen-bond donors (Lipinski definition) is 0. The van der Waals surface area contributed by atoms with Crippen molar-refractivity contribution in [2.75, 3.05) is 4.90 Å². The first-order valence-corrected chi connectivity index (χ1v) is 11.9. The summed E-state index contributed by atoms with van der Waals surface area (Å²) < 4.78 is 16.9. The molecular formula is C26H18ClFN2OS2. The minimum atomic E-state index is -0.237. The maximum Gasteiger partial charge on any atom is 0.270 e. The van der Waals surface area contributed by atoms with Crippen molar-refractivity contribution in [1.29, 1.82) is 0 Å². The molecule has 5 rings (SSSR count). The van der Waals surface area contributed by atoms with Gasteiger partial charge in [0.2, 0.25) is 0 Å². The molecule has 1 aromatic heterocycles. The summed E-state index contributed by atoms with van der Waals surface area (Å²) in [5.41, 5.74) is 4.11. The van der Waals surface area contributed by atoms with Crippen LogP contribution in [-0.2, 0) is 11.3 Å². The van der Waals surface area contributed by atoms with E-state index in [0.29, 0.717) is 32.0 Å². The van der Waals surface area contributed by atoms with E-state index in [4.69, 9.17) is 23.8 Å². The van der Waals surface area contributed by atoms with Crippen molar-refractivity contribution in [2.45, 2.75) is 13.5 Å². The number of para-hydroxylation sites is 1. The first kappa shape index (κ1) is 21.9. The summed E-state index contributed by atoms with van der Waals surface area (Å²) >= 11 is 12.9. The lowest BCUT2D eigenvalue weighted by Gasteiger charge is -2.14. The van der Waals surface area contributed by atoms with Crippen LogP contribution in [0.3, 0.4) is 0 Å². The number of carbonyl (C=O) groups is 1. The van der Waals surface area contributed by atoms with E-state index in [2.05, 4.69) is 4.57 Å². The van der Waals surface area contributed by atoms with Crippen LogP contribution < -0.4 is 4.90 Å². The van der Waals surface area contributed by atoms with Gasteiger partial charge in [0.15, 0.2) is 4.32 Å². The summed E-state index contributed by atoms with van der Waals surface area (Å²) in [4.78, 5) is 15.3. The van der Waals surface area contributed by atoms with E-state index in [1.54, 1.807) is 30.3 Å². The van der Waals surface area contributed by atoms with Crippen LogP contribution in [0.1, 0.15) is 16.8 Å². The second-order valence-electron chi connectivity index (χ2n) is 7.69. The van der Waals surface area contributed by atoms with Gasteiger partial charge in [0, 0.05) is 32.7 Å². The van der Waals surface area contributed by atoms with Crippen molar-refractivity contribution >= 4 is 68.5 Å². The molecule has 0 bridgehead atoms. The number of anilines is 1. The maximum absolute atomic E-state index is 14.4. The molecule has 0 aliphatic carbocycles. The average Bonchev–Trinajstić information content (AvgIpc) is 3.23. The largest absolute Gasteiger partial charge is 0.340 e. The van der Waals surface area contributed by atoms with Crippen LogP contribution in [0.15, 0.2) is 77.7 Å². The molecule has 0 atom stereocenters. The van der Waals surface area contributed by atoms with E-state index in [-0.39, 0.29) is 11.7 Å². The Hall–Kier alpha value is -2.93. The molecule has 0 saturated carbocycles. The molecule has 1 saturated heterocycles. The standard InChI is InChI=1S/C26H18ClFN2OS2/c1-16-21(14-24-25(31)30(26(32)33-24)19-9-6-8-18(27)13-19)20-10-3-5-12-23(20)29(16)15-17-7-2-4-11-22(17)28/h2-14H,15H2,1H3/b24-14+. The molecule has 7 heteroatoms. The quantitative estimate of drug-likeness (QED) is 0.222. The first-order valence-electron chi connectivity index (χ1n) is 10.3. The summed E-state index contributed by atoms with van der Waals surface area (Å²) in [5.74, 6) is -0.420. The Morgan fingerprint density at radius 1 is 1.06 bits per heavy atom. The van der Waals surface area contributed by atoms with Gasteiger partial charge in [-0.3, -0.25) is 9.69 Å². The monoisotopic (exact) mass is 492 g/mol. The fourth-order valence-corrected chi connectivity index (χ4v) is 5.54. The summed E-state index contributed by atoms with van der Waals surface area (Å²) in [6, 6.07) is 21.8. The SMILES string of the molecule is Cc1c(/C=C2/SC(=S)N(c3cccc(Cl)c3)C2=O)c2ccccc2n1Cc1ccccc1F. The zero-order valence-corrected chi connectivity index (χ0v) is 20.0. The Labute approximate surface area is 205 Å². The molecule has 0 radical (unpaired) electrons. The highest BCUT2D eigenvalue weighted by atomic mass is 35.5. The molecular weight excluding hydrogens is 475 g/mol. The molecule has 3 nitrogen and oxygen atoms in total. The molecule has 3 aromatic carbocycles. The fraction of sp³-hybridized carbons (Fsp3) is 0.0769. The van der Waals surface area contributed by atoms with Gasteiger partial charge in [0.25, 0.3) is 5.91 Å². The van der Waals surface area contributed by atoms with Gasteiger partial charge >= 0.3 is 0 Å². The van der Waals surface area contributed by atoms with Gasteiger partial charge in [-0.15, -0.1) is 0 Å². The van der Waals surface area contributed by atoms with E-state index >= 15 is 0 Å². The normalized spacial score (nSPS) is 15.2. The minimum Gasteiger partial charge on any atom is -0.340 e. The number of thioether (sulfide) groups is 1. The van der Waals surface area contributed by atoms with Crippen molar-refractivity contribution in [1.82, 2.24) is 4.57 Å². The maximum atomic E-state index is 14.4. The molecule has 2 heterocycles. The van der Waals surface area contributed by atoms with Crippen LogP contribution in [0.25, 0.3) is 17.0 Å². The number of nitrogens with zero attached hydrogens (tertiary/aromatic N) is 2. The van der Waals surface area contributed by atoms with Gasteiger partial charge in [0.1, 0.15) is 5.82 Å². The Morgan fingerprint density at radius 3 is 2.61 bits per heavy atom. The van der Waals surface area contributed by atoms with Crippen molar-refractivity contribution in [3.8, 4) is 0 Å². The number of aromatic nitrogens is 1. The second kappa shape index (κ2) is 8.78. The summed E-state index contributed by atoms with van der Waals surface area (Å²) in [5, 5.41) is 1.54. The highest BCUT2D eigenvalue weighted by Gasteiger charge is 2.34. The summed E-state index contributed by atoms with van der Waals surface area (Å²) in [6.07, 6.45) is 1.89. The van der Waals surface area contributed by atoms with Gasteiger partial charge in [-0.25, -0.2) is 4.39 Å². The molecule has 0 unspecified atom stereocenters. The van der Waals surface area contributed by atoms with E-state index < -0.39 is 0 Å². The predicted molar refractivity (Wildman–Crippen MR) is 139 cm³/mol. The number of thiocarbonyl (C=S) groups is 1. The summed E-state index contributed by atoms with van der Waals surface area (Å²) in [7, 11) is 0. The zero-order valence-electron chi connectivity index (χ0n) is 17.6. The van der Waals surface area contributed by atoms with Crippen molar-refractivity contribution in [2.24, 2.45) is 0 Å². The van der Waals surface area contributed by atoms with Gasteiger partial charge < -0.3 is 4.57 Å². The van der Waals surface area contributed by atoms with E-state index in [9.17, 15) is 9.18 Å². The van der Waals surface area contributed by atoms with Crippen molar-refractivity contribution in [3.05, 3.63) is 105 Å². The first-order chi connectivity index (χ1) is 15.9. The molecule has 164 valence electrons. The lowest BCUT2D eigenvalue weighted by atomic mass is 10.1. The number of carbonyl (C=O) groups excluding carboxylic acids is 1. The summed E-state index contributed by atoms with van der Waals surface area (Å²) in [6.45, 7) is 2.39. The molecule has 1 fully saturated rings. The lowest BCUT2D eigenvalue weighted by molar-refractivity contribution is -0.113. The Bertz CT molecular complexity index is 1460. The number of hydrogen-bond acceptors (Lipinski definition) is 3. The highest BCUT2D eigenvalue weighted by Crippen LogP contribution is 2.38. The van der Waals surface area contributed by atoms with Crippen LogP contribution in [-0.4, -0.2) is 14.8 Å². The molecule has 0 N–H and O–H groups in total. The highest BCUT2D eigenvalue weighted by molar-refractivity contribution is 8.27. The fourth-order valence-electron chi connectivity index (χ4n) is 4.08. The van der Waals surface area contributed by atoms with Crippen LogP contribution in [0.5, 0.6) is 0 Å². The van der Waals surface area contributed by atoms with Crippen molar-refractivity contribution < 1.29 is 9.18 Å². The van der Waals surface area contributed by atoms with E-state index in [0.717, 1.165) is 22.2 Å².